The molecule has 0 aromatic carbocycles. The van der Waals surface area contributed by atoms with Crippen molar-refractivity contribution in [1.82, 2.24) is 14.9 Å². The lowest BCUT2D eigenvalue weighted by Gasteiger charge is -2.37. The van der Waals surface area contributed by atoms with Gasteiger partial charge in [0.15, 0.2) is 0 Å². The predicted molar refractivity (Wildman–Crippen MR) is 112 cm³/mol. The fourth-order valence-corrected chi connectivity index (χ4v) is 3.92. The van der Waals surface area contributed by atoms with Gasteiger partial charge in [-0.1, -0.05) is 0 Å². The fourth-order valence-electron chi connectivity index (χ4n) is 3.92. The number of rotatable bonds is 5. The molecule has 2 aliphatic rings. The molecule has 0 spiro atoms. The van der Waals surface area contributed by atoms with Crippen molar-refractivity contribution in [3.05, 3.63) is 16.8 Å². The minimum Gasteiger partial charge on any atom is -0.374 e. The zero-order valence-corrected chi connectivity index (χ0v) is 18.0. The Kier molecular flexibility index (Phi) is 5.77. The van der Waals surface area contributed by atoms with E-state index in [4.69, 9.17) is 14.7 Å². The second-order valence-electron chi connectivity index (χ2n) is 8.62. The maximum Gasteiger partial charge on any atom is 0.227 e. The zero-order chi connectivity index (χ0) is 19.8. The van der Waals surface area contributed by atoms with E-state index >= 15 is 0 Å². The average molecular weight is 374 g/mol. The summed E-state index contributed by atoms with van der Waals surface area (Å²) in [4.78, 5) is 14.2. The highest BCUT2D eigenvalue weighted by Crippen LogP contribution is 2.37. The Morgan fingerprint density at radius 2 is 1.93 bits per heavy atom. The van der Waals surface area contributed by atoms with E-state index in [1.165, 1.54) is 11.1 Å². The van der Waals surface area contributed by atoms with E-state index in [1.54, 1.807) is 7.11 Å². The van der Waals surface area contributed by atoms with Crippen molar-refractivity contribution < 1.29 is 4.74 Å². The van der Waals surface area contributed by atoms with E-state index in [1.807, 2.05) is 19.0 Å². The molecule has 6 nitrogen and oxygen atoms in total. The van der Waals surface area contributed by atoms with Crippen molar-refractivity contribution in [1.29, 1.82) is 0 Å². The van der Waals surface area contributed by atoms with Gasteiger partial charge in [-0.2, -0.15) is 4.98 Å². The summed E-state index contributed by atoms with van der Waals surface area (Å²) < 4.78 is 5.84. The molecule has 1 fully saturated rings. The van der Waals surface area contributed by atoms with Crippen molar-refractivity contribution in [2.24, 2.45) is 0 Å². The van der Waals surface area contributed by atoms with Gasteiger partial charge >= 0.3 is 0 Å². The molecule has 0 radical (unpaired) electrons. The number of hydrogen-bond acceptors (Lipinski definition) is 6. The second kappa shape index (κ2) is 7.76. The van der Waals surface area contributed by atoms with Gasteiger partial charge in [-0.15, -0.1) is 0 Å². The molecule has 0 amide bonds. The van der Waals surface area contributed by atoms with Crippen LogP contribution in [0.4, 0.5) is 11.8 Å². The molecule has 1 aliphatic carbocycles. The number of ether oxygens (including phenoxy) is 1. The summed E-state index contributed by atoms with van der Waals surface area (Å²) >= 11 is 0. The molecular formula is C21H35N5O. The Bertz CT molecular complexity index is 707. The van der Waals surface area contributed by atoms with Gasteiger partial charge in [0.05, 0.1) is 11.3 Å². The van der Waals surface area contributed by atoms with Crippen LogP contribution in [0.25, 0.3) is 6.08 Å². The molecular weight excluding hydrogens is 338 g/mol. The molecule has 27 heavy (non-hydrogen) atoms. The van der Waals surface area contributed by atoms with Gasteiger partial charge in [0.1, 0.15) is 5.82 Å². The molecule has 1 aromatic rings. The number of likely N-dealkylation sites (tertiary alicyclic amines) is 1. The first-order valence-electron chi connectivity index (χ1n) is 10.1. The van der Waals surface area contributed by atoms with Crippen LogP contribution >= 0.6 is 0 Å². The van der Waals surface area contributed by atoms with Crippen LogP contribution < -0.4 is 10.2 Å². The topological polar surface area (TPSA) is 53.5 Å². The summed E-state index contributed by atoms with van der Waals surface area (Å²) in [6, 6.07) is 1.07. The number of anilines is 2. The third-order valence-electron chi connectivity index (χ3n) is 6.18. The molecule has 1 N–H and O–H groups in total. The maximum absolute atomic E-state index is 5.84. The molecule has 0 unspecified atom stereocenters. The van der Waals surface area contributed by atoms with Gasteiger partial charge in [0.25, 0.3) is 0 Å². The minimum atomic E-state index is -0.298. The number of nitrogens with zero attached hydrogens (tertiary/aromatic N) is 4. The first kappa shape index (κ1) is 20.1. The third-order valence-corrected chi connectivity index (χ3v) is 6.18. The highest BCUT2D eigenvalue weighted by Gasteiger charge is 2.34. The number of nitrogens with one attached hydrogen (secondary N) is 1. The van der Waals surface area contributed by atoms with E-state index in [0.717, 1.165) is 49.8 Å². The number of methoxy groups -OCH3 is 1. The summed E-state index contributed by atoms with van der Waals surface area (Å²) in [5.41, 5.74) is 3.09. The Morgan fingerprint density at radius 1 is 1.26 bits per heavy atom. The summed E-state index contributed by atoms with van der Waals surface area (Å²) in [5.74, 6) is 1.72. The SMILES string of the molecule is CO[C@@]1(C)Cc2c(nc(N(C)C)nc2NC2CCN(C(C)C)CC2)C=C1C. The van der Waals surface area contributed by atoms with Crippen LogP contribution in [0.5, 0.6) is 0 Å². The Balaban J connectivity index is 1.89. The fraction of sp³-hybridized carbons (Fsp3) is 0.714. The smallest absolute Gasteiger partial charge is 0.227 e. The number of aromatic nitrogens is 2. The standard InChI is InChI=1S/C21H35N5O/c1-14(2)26-10-8-16(9-11-26)22-19-17-13-21(4,27-7)15(3)12-18(17)23-20(24-19)25(5)6/h12,14,16H,8-11,13H2,1-7H3,(H,22,23,24)/t21-/m0/s1. The highest BCUT2D eigenvalue weighted by atomic mass is 16.5. The summed E-state index contributed by atoms with van der Waals surface area (Å²) in [5, 5.41) is 3.75. The van der Waals surface area contributed by atoms with E-state index < -0.39 is 0 Å². The van der Waals surface area contributed by atoms with Crippen molar-refractivity contribution in [2.45, 2.75) is 64.6 Å². The van der Waals surface area contributed by atoms with Crippen molar-refractivity contribution in [3.63, 3.8) is 0 Å². The molecule has 1 aliphatic heterocycles. The van der Waals surface area contributed by atoms with E-state index in [-0.39, 0.29) is 5.60 Å². The van der Waals surface area contributed by atoms with Crippen molar-refractivity contribution >= 4 is 17.8 Å². The molecule has 1 atom stereocenters. The first-order valence-corrected chi connectivity index (χ1v) is 10.1. The van der Waals surface area contributed by atoms with Crippen LogP contribution in [-0.2, 0) is 11.2 Å². The van der Waals surface area contributed by atoms with Crippen LogP contribution in [0.1, 0.15) is 51.8 Å². The molecule has 150 valence electrons. The molecule has 1 aromatic heterocycles. The molecule has 0 saturated carbocycles. The third kappa shape index (κ3) is 4.11. The number of hydrogen-bond donors (Lipinski definition) is 1. The van der Waals surface area contributed by atoms with Gasteiger partial charge in [-0.25, -0.2) is 4.98 Å². The molecule has 2 heterocycles. The minimum absolute atomic E-state index is 0.298. The highest BCUT2D eigenvalue weighted by molar-refractivity contribution is 5.67. The summed E-state index contributed by atoms with van der Waals surface area (Å²) in [7, 11) is 5.77. The van der Waals surface area contributed by atoms with Gasteiger partial charge < -0.3 is 19.9 Å². The molecule has 1 saturated heterocycles. The lowest BCUT2D eigenvalue weighted by atomic mass is 9.83. The normalized spacial score (nSPS) is 23.9. The second-order valence-corrected chi connectivity index (χ2v) is 8.62. The Labute approximate surface area is 164 Å². The van der Waals surface area contributed by atoms with E-state index in [9.17, 15) is 0 Å². The Hall–Kier alpha value is -1.66. The molecule has 6 heteroatoms. The van der Waals surface area contributed by atoms with Gasteiger partial charge in [0.2, 0.25) is 5.95 Å². The average Bonchev–Trinajstić information content (AvgIpc) is 2.63. The van der Waals surface area contributed by atoms with E-state index in [0.29, 0.717) is 12.1 Å². The van der Waals surface area contributed by atoms with Gasteiger partial charge in [0, 0.05) is 58.4 Å². The van der Waals surface area contributed by atoms with Crippen molar-refractivity contribution in [2.75, 3.05) is 44.5 Å². The quantitative estimate of drug-likeness (QED) is 0.855. The lowest BCUT2D eigenvalue weighted by Crippen LogP contribution is -2.43. The first-order chi connectivity index (χ1) is 12.7. The van der Waals surface area contributed by atoms with Crippen LogP contribution in [-0.4, -0.2) is 66.8 Å². The summed E-state index contributed by atoms with van der Waals surface area (Å²) in [6.07, 6.45) is 5.24. The monoisotopic (exact) mass is 373 g/mol. The Morgan fingerprint density at radius 3 is 2.48 bits per heavy atom. The lowest BCUT2D eigenvalue weighted by molar-refractivity contribution is 0.0383. The predicted octanol–water partition coefficient (Wildman–Crippen LogP) is 3.19. The largest absolute Gasteiger partial charge is 0.374 e. The number of fused-ring (bicyclic) bond motifs is 1. The summed E-state index contributed by atoms with van der Waals surface area (Å²) in [6.45, 7) is 11.1. The van der Waals surface area contributed by atoms with Crippen LogP contribution in [0.15, 0.2) is 5.57 Å². The number of piperidine rings is 1. The van der Waals surface area contributed by atoms with Crippen molar-refractivity contribution in [3.8, 4) is 0 Å². The van der Waals surface area contributed by atoms with E-state index in [2.05, 4.69) is 44.0 Å². The van der Waals surface area contributed by atoms with Crippen LogP contribution in [0, 0.1) is 0 Å². The van der Waals surface area contributed by atoms with Gasteiger partial charge in [-0.05, 0) is 52.2 Å². The maximum atomic E-state index is 5.84. The van der Waals surface area contributed by atoms with Crippen LogP contribution in [0.2, 0.25) is 0 Å². The molecule has 3 rings (SSSR count). The van der Waals surface area contributed by atoms with Crippen LogP contribution in [0.3, 0.4) is 0 Å². The zero-order valence-electron chi connectivity index (χ0n) is 18.0. The molecule has 0 bridgehead atoms. The van der Waals surface area contributed by atoms with Gasteiger partial charge in [-0.3, -0.25) is 0 Å².